The van der Waals surface area contributed by atoms with Gasteiger partial charge in [0.15, 0.2) is 6.29 Å². The monoisotopic (exact) mass is 494 g/mol. The standard InChI is InChI=1S/C21H22Cl4O5/c1-21(26)19(29-10-13-4-6-15(23)8-17(13)25)18(30-20(21)27-2)11-28-9-12-3-5-14(22)7-16(12)24/h3-8,18-20,26H,9-11H2,1-2H3/t18?,19-,20?,21+/m1/s1. The molecule has 1 fully saturated rings. The SMILES string of the molecule is COC1OC(COCc2ccc(Cl)cc2Cl)[C@@H](OCc2ccc(Cl)cc2Cl)[C@]1(C)O. The van der Waals surface area contributed by atoms with Crippen molar-refractivity contribution in [3.63, 3.8) is 0 Å². The molecule has 1 N–H and O–H groups in total. The molecule has 1 aliphatic heterocycles. The van der Waals surface area contributed by atoms with E-state index in [1.54, 1.807) is 43.3 Å². The highest BCUT2D eigenvalue weighted by atomic mass is 35.5. The molecule has 5 nitrogen and oxygen atoms in total. The highest BCUT2D eigenvalue weighted by Gasteiger charge is 2.54. The molecule has 0 aliphatic carbocycles. The maximum absolute atomic E-state index is 10.9. The van der Waals surface area contributed by atoms with Crippen molar-refractivity contribution in [1.29, 1.82) is 0 Å². The fourth-order valence-corrected chi connectivity index (χ4v) is 4.24. The van der Waals surface area contributed by atoms with Crippen LogP contribution in [0.1, 0.15) is 18.1 Å². The molecule has 2 unspecified atom stereocenters. The minimum absolute atomic E-state index is 0.161. The summed E-state index contributed by atoms with van der Waals surface area (Å²) in [7, 11) is 1.46. The van der Waals surface area contributed by atoms with E-state index < -0.39 is 24.1 Å². The predicted molar refractivity (Wildman–Crippen MR) is 117 cm³/mol. The lowest BCUT2D eigenvalue weighted by Crippen LogP contribution is -2.48. The Bertz CT molecular complexity index is 876. The number of rotatable bonds is 8. The van der Waals surface area contributed by atoms with Gasteiger partial charge in [-0.05, 0) is 42.3 Å². The molecule has 0 spiro atoms. The van der Waals surface area contributed by atoms with Crippen LogP contribution in [0.15, 0.2) is 36.4 Å². The number of hydrogen-bond donors (Lipinski definition) is 1. The first-order chi connectivity index (χ1) is 14.2. The second-order valence-electron chi connectivity index (χ2n) is 7.19. The third-order valence-electron chi connectivity index (χ3n) is 4.89. The minimum atomic E-state index is -1.39. The smallest absolute Gasteiger partial charge is 0.188 e. The average Bonchev–Trinajstić information content (AvgIpc) is 2.92. The van der Waals surface area contributed by atoms with E-state index in [9.17, 15) is 5.11 Å². The van der Waals surface area contributed by atoms with Gasteiger partial charge in [-0.15, -0.1) is 0 Å². The summed E-state index contributed by atoms with van der Waals surface area (Å²) in [4.78, 5) is 0. The second kappa shape index (κ2) is 10.3. The van der Waals surface area contributed by atoms with Crippen molar-refractivity contribution >= 4 is 46.4 Å². The lowest BCUT2D eigenvalue weighted by molar-refractivity contribution is -0.190. The van der Waals surface area contributed by atoms with E-state index in [1.807, 2.05) is 0 Å². The summed E-state index contributed by atoms with van der Waals surface area (Å²) in [5, 5.41) is 13.0. The predicted octanol–water partition coefficient (Wildman–Crippen LogP) is 5.52. The summed E-state index contributed by atoms with van der Waals surface area (Å²) in [5.74, 6) is 0. The fourth-order valence-electron chi connectivity index (χ4n) is 3.32. The van der Waals surface area contributed by atoms with Crippen LogP contribution in [0.3, 0.4) is 0 Å². The Kier molecular flexibility index (Phi) is 8.29. The van der Waals surface area contributed by atoms with Crippen molar-refractivity contribution < 1.29 is 24.1 Å². The Labute approximate surface area is 195 Å². The Morgan fingerprint density at radius 2 is 1.53 bits per heavy atom. The van der Waals surface area contributed by atoms with Crippen molar-refractivity contribution in [1.82, 2.24) is 0 Å². The van der Waals surface area contributed by atoms with E-state index in [1.165, 1.54) is 7.11 Å². The zero-order valence-electron chi connectivity index (χ0n) is 16.4. The number of hydrogen-bond acceptors (Lipinski definition) is 5. The lowest BCUT2D eigenvalue weighted by atomic mass is 9.97. The van der Waals surface area contributed by atoms with Gasteiger partial charge in [-0.3, -0.25) is 0 Å². The molecule has 0 radical (unpaired) electrons. The van der Waals surface area contributed by atoms with Crippen LogP contribution >= 0.6 is 46.4 Å². The third kappa shape index (κ3) is 5.60. The van der Waals surface area contributed by atoms with Crippen LogP contribution in [0.2, 0.25) is 20.1 Å². The van der Waals surface area contributed by atoms with Gasteiger partial charge in [0.2, 0.25) is 0 Å². The highest BCUT2D eigenvalue weighted by Crippen LogP contribution is 2.35. The van der Waals surface area contributed by atoms with Crippen LogP contribution in [0.5, 0.6) is 0 Å². The van der Waals surface area contributed by atoms with E-state index in [0.717, 1.165) is 11.1 Å². The molecule has 0 amide bonds. The maximum atomic E-state index is 10.9. The Morgan fingerprint density at radius 1 is 0.967 bits per heavy atom. The van der Waals surface area contributed by atoms with E-state index in [4.69, 9.17) is 65.4 Å². The third-order valence-corrected chi connectivity index (χ3v) is 6.07. The Morgan fingerprint density at radius 3 is 2.07 bits per heavy atom. The molecule has 30 heavy (non-hydrogen) atoms. The number of methoxy groups -OCH3 is 1. The van der Waals surface area contributed by atoms with Gasteiger partial charge >= 0.3 is 0 Å². The van der Waals surface area contributed by atoms with Crippen molar-refractivity contribution in [3.05, 3.63) is 67.6 Å². The summed E-state index contributed by atoms with van der Waals surface area (Å²) in [6.45, 7) is 2.18. The maximum Gasteiger partial charge on any atom is 0.188 e. The first-order valence-electron chi connectivity index (χ1n) is 9.20. The Hall–Kier alpha value is -0.600. The summed E-state index contributed by atoms with van der Waals surface area (Å²) >= 11 is 24.3. The first kappa shape index (κ1) is 24.1. The van der Waals surface area contributed by atoms with Gasteiger partial charge in [0.1, 0.15) is 17.8 Å². The van der Waals surface area contributed by atoms with Crippen molar-refractivity contribution in [2.45, 2.75) is 44.2 Å². The number of ether oxygens (including phenoxy) is 4. The van der Waals surface area contributed by atoms with Gasteiger partial charge in [0.25, 0.3) is 0 Å². The number of aliphatic hydroxyl groups is 1. The summed E-state index contributed by atoms with van der Waals surface area (Å²) < 4.78 is 22.9. The average molecular weight is 496 g/mol. The van der Waals surface area contributed by atoms with Gasteiger partial charge in [-0.1, -0.05) is 58.5 Å². The van der Waals surface area contributed by atoms with Crippen LogP contribution in [0.4, 0.5) is 0 Å². The topological polar surface area (TPSA) is 57.2 Å². The largest absolute Gasteiger partial charge is 0.382 e. The van der Waals surface area contributed by atoms with E-state index >= 15 is 0 Å². The molecule has 0 aromatic heterocycles. The van der Waals surface area contributed by atoms with E-state index in [0.29, 0.717) is 20.1 Å². The molecular formula is C21H22Cl4O5. The van der Waals surface area contributed by atoms with Crippen LogP contribution in [0.25, 0.3) is 0 Å². The summed E-state index contributed by atoms with van der Waals surface area (Å²) in [6.07, 6.45) is -2.15. The molecule has 1 heterocycles. The summed E-state index contributed by atoms with van der Waals surface area (Å²) in [6, 6.07) is 10.3. The van der Waals surface area contributed by atoms with Crippen LogP contribution < -0.4 is 0 Å². The fraction of sp³-hybridized carbons (Fsp3) is 0.429. The van der Waals surface area contributed by atoms with E-state index in [2.05, 4.69) is 0 Å². The normalized spacial score (nSPS) is 26.3. The summed E-state index contributed by atoms with van der Waals surface area (Å²) in [5.41, 5.74) is 0.143. The van der Waals surface area contributed by atoms with Crippen LogP contribution in [0, 0.1) is 0 Å². The van der Waals surface area contributed by atoms with Crippen molar-refractivity contribution in [2.24, 2.45) is 0 Å². The number of halogens is 4. The molecule has 164 valence electrons. The Balaban J connectivity index is 1.66. The van der Waals surface area contributed by atoms with E-state index in [-0.39, 0.29) is 19.8 Å². The molecule has 1 saturated heterocycles. The molecule has 2 aromatic rings. The lowest BCUT2D eigenvalue weighted by Gasteiger charge is -2.29. The van der Waals surface area contributed by atoms with Gasteiger partial charge in [0, 0.05) is 27.2 Å². The minimum Gasteiger partial charge on any atom is -0.382 e. The van der Waals surface area contributed by atoms with Crippen LogP contribution in [-0.2, 0) is 32.2 Å². The molecule has 0 saturated carbocycles. The van der Waals surface area contributed by atoms with Crippen molar-refractivity contribution in [2.75, 3.05) is 13.7 Å². The molecule has 9 heteroatoms. The van der Waals surface area contributed by atoms with Gasteiger partial charge < -0.3 is 24.1 Å². The molecule has 4 atom stereocenters. The zero-order chi connectivity index (χ0) is 21.9. The van der Waals surface area contributed by atoms with Gasteiger partial charge in [-0.25, -0.2) is 0 Å². The van der Waals surface area contributed by atoms with Crippen molar-refractivity contribution in [3.8, 4) is 0 Å². The highest BCUT2D eigenvalue weighted by molar-refractivity contribution is 6.35. The zero-order valence-corrected chi connectivity index (χ0v) is 19.4. The molecule has 2 aromatic carbocycles. The first-order valence-corrected chi connectivity index (χ1v) is 10.7. The molecular weight excluding hydrogens is 474 g/mol. The van der Waals surface area contributed by atoms with Crippen LogP contribution in [-0.4, -0.2) is 42.9 Å². The van der Waals surface area contributed by atoms with Gasteiger partial charge in [0.05, 0.1) is 19.8 Å². The quantitative estimate of drug-likeness (QED) is 0.522. The number of benzene rings is 2. The van der Waals surface area contributed by atoms with Gasteiger partial charge in [-0.2, -0.15) is 0 Å². The molecule has 1 aliphatic rings. The second-order valence-corrected chi connectivity index (χ2v) is 8.87. The molecule has 3 rings (SSSR count). The molecule has 0 bridgehead atoms.